The van der Waals surface area contributed by atoms with Crippen LogP contribution in [0.1, 0.15) is 23.9 Å². The maximum Gasteiger partial charge on any atom is 0.195 e. The molecule has 1 aromatic heterocycles. The van der Waals surface area contributed by atoms with E-state index in [9.17, 15) is 0 Å². The zero-order valence-electron chi connectivity index (χ0n) is 11.8. The molecule has 0 fully saturated rings. The molecule has 1 N–H and O–H groups in total. The zero-order chi connectivity index (χ0) is 13.9. The van der Waals surface area contributed by atoms with E-state index in [0.29, 0.717) is 0 Å². The van der Waals surface area contributed by atoms with Crippen molar-refractivity contribution >= 4 is 16.8 Å². The third-order valence-electron chi connectivity index (χ3n) is 3.48. The normalized spacial score (nSPS) is 10.9. The van der Waals surface area contributed by atoms with E-state index in [2.05, 4.69) is 41.5 Å². The van der Waals surface area contributed by atoms with Crippen LogP contribution in [0.25, 0.3) is 11.1 Å². The molecule has 0 radical (unpaired) electrons. The smallest absolute Gasteiger partial charge is 0.195 e. The molecule has 0 saturated carbocycles. The van der Waals surface area contributed by atoms with Gasteiger partial charge in [-0.3, -0.25) is 0 Å². The minimum Gasteiger partial charge on any atom is -0.441 e. The largest absolute Gasteiger partial charge is 0.441 e. The lowest BCUT2D eigenvalue weighted by Crippen LogP contribution is -2.00. The predicted molar refractivity (Wildman–Crippen MR) is 81.9 cm³/mol. The monoisotopic (exact) mass is 266 g/mol. The molecule has 0 atom stereocenters. The molecule has 0 bridgehead atoms. The molecule has 102 valence electrons. The van der Waals surface area contributed by atoms with Crippen molar-refractivity contribution in [3.05, 3.63) is 59.5 Å². The first-order valence-electron chi connectivity index (χ1n) is 6.94. The zero-order valence-corrected chi connectivity index (χ0v) is 11.8. The molecule has 0 aliphatic heterocycles. The van der Waals surface area contributed by atoms with E-state index < -0.39 is 0 Å². The molecule has 0 spiro atoms. The summed E-state index contributed by atoms with van der Waals surface area (Å²) in [5.41, 5.74) is 5.44. The predicted octanol–water partition coefficient (Wildman–Crippen LogP) is 4.31. The number of anilines is 1. The van der Waals surface area contributed by atoms with Gasteiger partial charge in [0, 0.05) is 18.7 Å². The number of aryl methyl sites for hydroxylation is 2. The first-order chi connectivity index (χ1) is 9.76. The van der Waals surface area contributed by atoms with Crippen LogP contribution in [0.2, 0.25) is 0 Å². The highest BCUT2D eigenvalue weighted by Gasteiger charge is 2.05. The summed E-state index contributed by atoms with van der Waals surface area (Å²) in [6, 6.07) is 14.5. The number of fused-ring (bicyclic) bond motifs is 1. The maximum absolute atomic E-state index is 5.62. The fourth-order valence-electron chi connectivity index (χ4n) is 2.24. The van der Waals surface area contributed by atoms with Gasteiger partial charge in [-0.25, -0.2) is 4.98 Å². The van der Waals surface area contributed by atoms with Crippen molar-refractivity contribution in [2.24, 2.45) is 0 Å². The molecule has 0 aliphatic carbocycles. The molecule has 1 heterocycles. The summed E-state index contributed by atoms with van der Waals surface area (Å²) in [4.78, 5) is 4.46. The van der Waals surface area contributed by atoms with Crippen LogP contribution in [0.5, 0.6) is 0 Å². The van der Waals surface area contributed by atoms with Crippen molar-refractivity contribution in [1.29, 1.82) is 0 Å². The van der Waals surface area contributed by atoms with Crippen molar-refractivity contribution < 1.29 is 4.42 Å². The van der Waals surface area contributed by atoms with Crippen molar-refractivity contribution in [2.45, 2.75) is 26.8 Å². The Morgan fingerprint density at radius 1 is 1.15 bits per heavy atom. The summed E-state index contributed by atoms with van der Waals surface area (Å²) in [5, 5.41) is 3.44. The second kappa shape index (κ2) is 5.37. The van der Waals surface area contributed by atoms with Gasteiger partial charge in [-0.05, 0) is 36.2 Å². The van der Waals surface area contributed by atoms with Crippen molar-refractivity contribution in [3.63, 3.8) is 0 Å². The Bertz CT molecular complexity index is 731. The van der Waals surface area contributed by atoms with E-state index in [1.165, 1.54) is 11.1 Å². The van der Waals surface area contributed by atoms with Crippen LogP contribution in [-0.4, -0.2) is 4.98 Å². The molecular weight excluding hydrogens is 248 g/mol. The van der Waals surface area contributed by atoms with Gasteiger partial charge in [0.2, 0.25) is 0 Å². The average Bonchev–Trinajstić information content (AvgIpc) is 2.88. The molecular formula is C17H18N2O. The second-order valence-corrected chi connectivity index (χ2v) is 4.92. The fraction of sp³-hybridized carbons (Fsp3) is 0.235. The Labute approximate surface area is 118 Å². The quantitative estimate of drug-likeness (QED) is 0.764. The molecule has 3 nitrogen and oxygen atoms in total. The number of benzene rings is 2. The van der Waals surface area contributed by atoms with Crippen LogP contribution in [0.15, 0.2) is 46.9 Å². The lowest BCUT2D eigenvalue weighted by Gasteiger charge is -2.08. The molecule has 20 heavy (non-hydrogen) atoms. The lowest BCUT2D eigenvalue weighted by atomic mass is 10.1. The Hall–Kier alpha value is -2.29. The topological polar surface area (TPSA) is 38.1 Å². The number of oxazole rings is 1. The Kier molecular flexibility index (Phi) is 3.42. The molecule has 3 rings (SSSR count). The third-order valence-corrected chi connectivity index (χ3v) is 3.48. The number of nitrogens with one attached hydrogen (secondary N) is 1. The highest BCUT2D eigenvalue weighted by Crippen LogP contribution is 2.21. The number of hydrogen-bond donors (Lipinski definition) is 1. The number of rotatable bonds is 4. The fourth-order valence-corrected chi connectivity index (χ4v) is 2.24. The highest BCUT2D eigenvalue weighted by atomic mass is 16.3. The van der Waals surface area contributed by atoms with Crippen LogP contribution < -0.4 is 5.32 Å². The maximum atomic E-state index is 5.62. The summed E-state index contributed by atoms with van der Waals surface area (Å²) in [5.74, 6) is 0.788. The Morgan fingerprint density at radius 3 is 2.80 bits per heavy atom. The molecule has 0 aliphatic rings. The summed E-state index contributed by atoms with van der Waals surface area (Å²) in [7, 11) is 0. The highest BCUT2D eigenvalue weighted by molar-refractivity contribution is 5.77. The van der Waals surface area contributed by atoms with Crippen molar-refractivity contribution in [3.8, 4) is 0 Å². The van der Waals surface area contributed by atoms with Gasteiger partial charge in [-0.2, -0.15) is 0 Å². The van der Waals surface area contributed by atoms with E-state index in [1.807, 2.05) is 25.1 Å². The van der Waals surface area contributed by atoms with Crippen LogP contribution in [0.4, 0.5) is 5.69 Å². The van der Waals surface area contributed by atoms with Gasteiger partial charge in [0.05, 0.1) is 0 Å². The van der Waals surface area contributed by atoms with E-state index in [-0.39, 0.29) is 0 Å². The minimum atomic E-state index is 0.788. The van der Waals surface area contributed by atoms with E-state index >= 15 is 0 Å². The van der Waals surface area contributed by atoms with Gasteiger partial charge >= 0.3 is 0 Å². The Morgan fingerprint density at radius 2 is 2.00 bits per heavy atom. The first-order valence-corrected chi connectivity index (χ1v) is 6.94. The number of nitrogens with zero attached hydrogens (tertiary/aromatic N) is 1. The minimum absolute atomic E-state index is 0.788. The molecule has 3 heteroatoms. The summed E-state index contributed by atoms with van der Waals surface area (Å²) >= 11 is 0. The molecule has 0 unspecified atom stereocenters. The standard InChI is InChI=1S/C17H18N2O/c1-3-17-19-15-10-14(8-9-16(15)20-17)18-11-13-7-5-4-6-12(13)2/h4-10,18H,3,11H2,1-2H3. The van der Waals surface area contributed by atoms with Crippen LogP contribution in [0, 0.1) is 6.92 Å². The van der Waals surface area contributed by atoms with Gasteiger partial charge in [-0.15, -0.1) is 0 Å². The van der Waals surface area contributed by atoms with Crippen molar-refractivity contribution in [1.82, 2.24) is 4.98 Å². The van der Waals surface area contributed by atoms with E-state index in [0.717, 1.165) is 35.6 Å². The summed E-state index contributed by atoms with van der Waals surface area (Å²) in [6.07, 6.45) is 0.820. The van der Waals surface area contributed by atoms with Gasteiger partial charge in [-0.1, -0.05) is 31.2 Å². The van der Waals surface area contributed by atoms with Gasteiger partial charge < -0.3 is 9.73 Å². The second-order valence-electron chi connectivity index (χ2n) is 4.92. The Balaban J connectivity index is 1.79. The first kappa shape index (κ1) is 12.7. The number of aromatic nitrogens is 1. The molecule has 0 amide bonds. The van der Waals surface area contributed by atoms with Gasteiger partial charge in [0.15, 0.2) is 11.5 Å². The lowest BCUT2D eigenvalue weighted by molar-refractivity contribution is 0.538. The van der Waals surface area contributed by atoms with Crippen molar-refractivity contribution in [2.75, 3.05) is 5.32 Å². The SMILES string of the molecule is CCc1nc2cc(NCc3ccccc3C)ccc2o1. The van der Waals surface area contributed by atoms with Gasteiger partial charge in [0.1, 0.15) is 5.52 Å². The third kappa shape index (κ3) is 2.52. The van der Waals surface area contributed by atoms with Crippen LogP contribution in [-0.2, 0) is 13.0 Å². The molecule has 2 aromatic carbocycles. The van der Waals surface area contributed by atoms with Crippen LogP contribution in [0.3, 0.4) is 0 Å². The van der Waals surface area contributed by atoms with Gasteiger partial charge in [0.25, 0.3) is 0 Å². The van der Waals surface area contributed by atoms with Crippen LogP contribution >= 0.6 is 0 Å². The van der Waals surface area contributed by atoms with E-state index in [1.54, 1.807) is 0 Å². The summed E-state index contributed by atoms with van der Waals surface area (Å²) in [6.45, 7) is 4.99. The average molecular weight is 266 g/mol. The molecule has 0 saturated heterocycles. The van der Waals surface area contributed by atoms with E-state index in [4.69, 9.17) is 4.42 Å². The number of hydrogen-bond acceptors (Lipinski definition) is 3. The summed E-state index contributed by atoms with van der Waals surface area (Å²) < 4.78 is 5.62. The molecule has 3 aromatic rings.